The summed E-state index contributed by atoms with van der Waals surface area (Å²) in [5.41, 5.74) is 3.42. The summed E-state index contributed by atoms with van der Waals surface area (Å²) in [6.07, 6.45) is 3.60. The molecule has 2 fully saturated rings. The van der Waals surface area contributed by atoms with E-state index in [0.29, 0.717) is 74.5 Å². The largest absolute Gasteiger partial charge is 0.379 e. The lowest BCUT2D eigenvalue weighted by atomic mass is 10.1. The number of nitrogens with zero attached hydrogens (tertiary/aromatic N) is 5. The Bertz CT molecular complexity index is 1430. The molecule has 4 heterocycles. The van der Waals surface area contributed by atoms with Crippen molar-refractivity contribution in [3.05, 3.63) is 77.9 Å². The number of rotatable bonds is 6. The quantitative estimate of drug-likeness (QED) is 0.419. The van der Waals surface area contributed by atoms with Crippen molar-refractivity contribution in [2.24, 2.45) is 0 Å². The second-order valence-electron chi connectivity index (χ2n) is 9.43. The standard InChI is InChI=1S/C28H29FN6O3/c29-25-17-24(6-3-22(25)19-33-9-13-37-14-10-33)35-8-7-21-18-30-28(32-26(21)35)31-23-4-1-20(2-5-23)27(36)34-11-15-38-16-12-34/h1-8,17-18H,9-16,19H2,(H,30,31,32). The zero-order valence-corrected chi connectivity index (χ0v) is 21.0. The fraction of sp³-hybridized carbons (Fsp3) is 0.321. The van der Waals surface area contributed by atoms with E-state index in [4.69, 9.17) is 14.5 Å². The van der Waals surface area contributed by atoms with Gasteiger partial charge < -0.3 is 24.3 Å². The van der Waals surface area contributed by atoms with Crippen LogP contribution >= 0.6 is 0 Å². The Hall–Kier alpha value is -3.86. The molecule has 6 rings (SSSR count). The Morgan fingerprint density at radius 2 is 1.68 bits per heavy atom. The Kier molecular flexibility index (Phi) is 7.00. The monoisotopic (exact) mass is 516 g/mol. The lowest BCUT2D eigenvalue weighted by Gasteiger charge is -2.26. The van der Waals surface area contributed by atoms with Gasteiger partial charge in [0.25, 0.3) is 5.91 Å². The first-order chi connectivity index (χ1) is 18.6. The zero-order chi connectivity index (χ0) is 25.9. The number of carbonyl (C=O) groups excluding carboxylic acids is 1. The van der Waals surface area contributed by atoms with Crippen LogP contribution in [0.3, 0.4) is 0 Å². The predicted molar refractivity (Wildman–Crippen MR) is 141 cm³/mol. The highest BCUT2D eigenvalue weighted by molar-refractivity contribution is 5.94. The maximum Gasteiger partial charge on any atom is 0.254 e. The summed E-state index contributed by atoms with van der Waals surface area (Å²) in [4.78, 5) is 25.8. The molecule has 2 aromatic heterocycles. The molecule has 1 amide bonds. The first kappa shape index (κ1) is 24.5. The van der Waals surface area contributed by atoms with Gasteiger partial charge in [0.1, 0.15) is 11.5 Å². The molecule has 0 bridgehead atoms. The van der Waals surface area contributed by atoms with Gasteiger partial charge in [-0.3, -0.25) is 9.69 Å². The topological polar surface area (TPSA) is 84.8 Å². The second kappa shape index (κ2) is 10.9. The summed E-state index contributed by atoms with van der Waals surface area (Å²) in [7, 11) is 0. The first-order valence-corrected chi connectivity index (χ1v) is 12.8. The molecule has 4 aromatic rings. The molecule has 2 aliphatic heterocycles. The van der Waals surface area contributed by atoms with Gasteiger partial charge in [0, 0.05) is 73.0 Å². The van der Waals surface area contributed by atoms with E-state index in [9.17, 15) is 4.79 Å². The number of amides is 1. The van der Waals surface area contributed by atoms with Crippen molar-refractivity contribution in [2.75, 3.05) is 57.9 Å². The van der Waals surface area contributed by atoms with Gasteiger partial charge >= 0.3 is 0 Å². The van der Waals surface area contributed by atoms with Gasteiger partial charge in [-0.05, 0) is 42.5 Å². The van der Waals surface area contributed by atoms with E-state index in [-0.39, 0.29) is 11.7 Å². The molecule has 0 atom stereocenters. The summed E-state index contributed by atoms with van der Waals surface area (Å²) < 4.78 is 27.6. The van der Waals surface area contributed by atoms with Crippen LogP contribution in [0.15, 0.2) is 60.9 Å². The van der Waals surface area contributed by atoms with E-state index in [2.05, 4.69) is 15.2 Å². The van der Waals surface area contributed by atoms with E-state index < -0.39 is 0 Å². The van der Waals surface area contributed by atoms with Crippen LogP contribution in [0.1, 0.15) is 15.9 Å². The van der Waals surface area contributed by atoms with Crippen LogP contribution < -0.4 is 5.32 Å². The van der Waals surface area contributed by atoms with Gasteiger partial charge in [0.05, 0.1) is 26.4 Å². The molecule has 0 spiro atoms. The predicted octanol–water partition coefficient (Wildman–Crippen LogP) is 3.61. The molecular weight excluding hydrogens is 487 g/mol. The number of benzene rings is 2. The molecule has 2 aliphatic rings. The second-order valence-corrected chi connectivity index (χ2v) is 9.43. The summed E-state index contributed by atoms with van der Waals surface area (Å²) >= 11 is 0. The summed E-state index contributed by atoms with van der Waals surface area (Å²) in [6, 6.07) is 14.5. The molecular formula is C28H29FN6O3. The number of anilines is 2. The molecule has 0 unspecified atom stereocenters. The van der Waals surface area contributed by atoms with Crippen LogP contribution in [0.25, 0.3) is 16.7 Å². The van der Waals surface area contributed by atoms with Gasteiger partial charge in [-0.25, -0.2) is 9.37 Å². The Labute approximate surface area is 219 Å². The third-order valence-corrected chi connectivity index (χ3v) is 6.93. The van der Waals surface area contributed by atoms with Crippen molar-refractivity contribution in [1.82, 2.24) is 24.3 Å². The first-order valence-electron chi connectivity index (χ1n) is 12.8. The number of hydrogen-bond donors (Lipinski definition) is 1. The van der Waals surface area contributed by atoms with Crippen LogP contribution in [0.2, 0.25) is 0 Å². The molecule has 2 saturated heterocycles. The molecule has 0 radical (unpaired) electrons. The molecule has 10 heteroatoms. The van der Waals surface area contributed by atoms with Crippen molar-refractivity contribution >= 4 is 28.6 Å². The van der Waals surface area contributed by atoms with Gasteiger partial charge in [-0.1, -0.05) is 6.07 Å². The van der Waals surface area contributed by atoms with Gasteiger partial charge in [0.2, 0.25) is 5.95 Å². The number of ether oxygens (including phenoxy) is 2. The van der Waals surface area contributed by atoms with Crippen LogP contribution in [-0.4, -0.2) is 82.8 Å². The van der Waals surface area contributed by atoms with Crippen LogP contribution in [0.4, 0.5) is 16.0 Å². The van der Waals surface area contributed by atoms with E-state index in [1.54, 1.807) is 29.3 Å². The van der Waals surface area contributed by atoms with Gasteiger partial charge in [-0.2, -0.15) is 4.98 Å². The number of hydrogen-bond acceptors (Lipinski definition) is 7. The smallest absolute Gasteiger partial charge is 0.254 e. The minimum Gasteiger partial charge on any atom is -0.379 e. The Balaban J connectivity index is 1.18. The Morgan fingerprint density at radius 3 is 2.42 bits per heavy atom. The minimum atomic E-state index is -0.241. The van der Waals surface area contributed by atoms with Crippen LogP contribution in [-0.2, 0) is 16.0 Å². The average Bonchev–Trinajstić information content (AvgIpc) is 3.38. The van der Waals surface area contributed by atoms with Crippen molar-refractivity contribution in [3.8, 4) is 5.69 Å². The third kappa shape index (κ3) is 5.24. The molecule has 0 saturated carbocycles. The van der Waals surface area contributed by atoms with E-state index >= 15 is 4.39 Å². The van der Waals surface area contributed by atoms with Crippen molar-refractivity contribution in [2.45, 2.75) is 6.54 Å². The number of fused-ring (bicyclic) bond motifs is 1. The third-order valence-electron chi connectivity index (χ3n) is 6.93. The fourth-order valence-corrected chi connectivity index (χ4v) is 4.78. The van der Waals surface area contributed by atoms with Gasteiger partial charge in [0.15, 0.2) is 0 Å². The zero-order valence-electron chi connectivity index (χ0n) is 21.0. The fourth-order valence-electron chi connectivity index (χ4n) is 4.78. The number of nitrogens with one attached hydrogen (secondary N) is 1. The normalized spacial score (nSPS) is 16.6. The number of morpholine rings is 2. The molecule has 0 aliphatic carbocycles. The van der Waals surface area contributed by atoms with E-state index in [1.165, 1.54) is 0 Å². The Morgan fingerprint density at radius 1 is 0.947 bits per heavy atom. The molecule has 196 valence electrons. The van der Waals surface area contributed by atoms with Crippen LogP contribution in [0.5, 0.6) is 0 Å². The molecule has 1 N–H and O–H groups in total. The number of carbonyl (C=O) groups is 1. The van der Waals surface area contributed by atoms with Crippen molar-refractivity contribution < 1.29 is 18.7 Å². The maximum atomic E-state index is 15.0. The van der Waals surface area contributed by atoms with Crippen molar-refractivity contribution in [3.63, 3.8) is 0 Å². The summed E-state index contributed by atoms with van der Waals surface area (Å²) in [6.45, 7) is 5.89. The minimum absolute atomic E-state index is 0.00135. The number of halogens is 1. The highest BCUT2D eigenvalue weighted by Gasteiger charge is 2.18. The van der Waals surface area contributed by atoms with E-state index in [0.717, 1.165) is 24.2 Å². The molecule has 9 nitrogen and oxygen atoms in total. The lowest BCUT2D eigenvalue weighted by Crippen LogP contribution is -2.40. The highest BCUT2D eigenvalue weighted by atomic mass is 19.1. The van der Waals surface area contributed by atoms with Gasteiger partial charge in [-0.15, -0.1) is 0 Å². The summed E-state index contributed by atoms with van der Waals surface area (Å²) in [5.74, 6) is 0.169. The molecule has 38 heavy (non-hydrogen) atoms. The highest BCUT2D eigenvalue weighted by Crippen LogP contribution is 2.23. The van der Waals surface area contributed by atoms with E-state index in [1.807, 2.05) is 41.1 Å². The summed E-state index contributed by atoms with van der Waals surface area (Å²) in [5, 5.41) is 4.05. The maximum absolute atomic E-state index is 15.0. The lowest BCUT2D eigenvalue weighted by molar-refractivity contribution is 0.0303. The average molecular weight is 517 g/mol. The SMILES string of the molecule is O=C(c1ccc(Nc2ncc3ccn(-c4ccc(CN5CCOCC5)c(F)c4)c3n2)cc1)N1CCOCC1. The van der Waals surface area contributed by atoms with Crippen molar-refractivity contribution in [1.29, 1.82) is 0 Å². The van der Waals surface area contributed by atoms with Crippen LogP contribution in [0, 0.1) is 5.82 Å². The number of aromatic nitrogens is 3. The molecule has 2 aromatic carbocycles.